The molecule has 2 aliphatic heterocycles. The van der Waals surface area contributed by atoms with Crippen LogP contribution in [0.2, 0.25) is 0 Å². The van der Waals surface area contributed by atoms with Gasteiger partial charge in [-0.2, -0.15) is 0 Å². The van der Waals surface area contributed by atoms with Gasteiger partial charge in [-0.3, -0.25) is 0 Å². The molecule has 4 rings (SSSR count). The Labute approximate surface area is 144 Å². The van der Waals surface area contributed by atoms with Crippen molar-refractivity contribution in [1.29, 1.82) is 0 Å². The summed E-state index contributed by atoms with van der Waals surface area (Å²) in [4.78, 5) is 18.7. The van der Waals surface area contributed by atoms with Gasteiger partial charge in [-0.15, -0.1) is 11.3 Å². The molecule has 2 amide bonds. The highest BCUT2D eigenvalue weighted by molar-refractivity contribution is 7.91. The second-order valence-electron chi connectivity index (χ2n) is 6.24. The van der Waals surface area contributed by atoms with Gasteiger partial charge in [0.1, 0.15) is 0 Å². The normalized spacial score (nSPS) is 25.6. The summed E-state index contributed by atoms with van der Waals surface area (Å²) in [5.74, 6) is 0.133. The summed E-state index contributed by atoms with van der Waals surface area (Å²) >= 11 is 1.61. The molecule has 3 heterocycles. The highest BCUT2D eigenvalue weighted by atomic mass is 32.2. The Morgan fingerprint density at radius 3 is 3.08 bits per heavy atom. The van der Waals surface area contributed by atoms with Crippen LogP contribution in [0.4, 0.5) is 10.5 Å². The summed E-state index contributed by atoms with van der Waals surface area (Å²) in [6, 6.07) is 4.92. The number of carbonyl (C=O) groups excluding carboxylic acids is 1. The van der Waals surface area contributed by atoms with Crippen LogP contribution in [-0.2, 0) is 9.84 Å². The fourth-order valence-corrected chi connectivity index (χ4v) is 6.20. The molecule has 9 heteroatoms. The number of thiazole rings is 1. The lowest BCUT2D eigenvalue weighted by Crippen LogP contribution is -2.59. The molecule has 0 radical (unpaired) electrons. The number of sulfone groups is 1. The van der Waals surface area contributed by atoms with E-state index in [4.69, 9.17) is 0 Å². The van der Waals surface area contributed by atoms with Gasteiger partial charge in [0.25, 0.3) is 0 Å². The van der Waals surface area contributed by atoms with Crippen LogP contribution >= 0.6 is 11.3 Å². The number of hydrogen-bond acceptors (Lipinski definition) is 6. The molecule has 2 atom stereocenters. The van der Waals surface area contributed by atoms with Gasteiger partial charge in [-0.1, -0.05) is 0 Å². The molecule has 0 spiro atoms. The van der Waals surface area contributed by atoms with E-state index in [1.807, 2.05) is 25.1 Å². The van der Waals surface area contributed by atoms with Crippen LogP contribution in [0.5, 0.6) is 0 Å². The molecule has 2 N–H and O–H groups in total. The van der Waals surface area contributed by atoms with Crippen molar-refractivity contribution in [2.45, 2.75) is 19.0 Å². The summed E-state index contributed by atoms with van der Waals surface area (Å²) in [5.41, 5.74) is 1.53. The fourth-order valence-electron chi connectivity index (χ4n) is 3.44. The van der Waals surface area contributed by atoms with Crippen LogP contribution < -0.4 is 10.6 Å². The third-order valence-corrected chi connectivity index (χ3v) is 7.16. The maximum atomic E-state index is 12.6. The smallest absolute Gasteiger partial charge is 0.318 e. The number of aryl methyl sites for hydroxylation is 1. The zero-order valence-corrected chi connectivity index (χ0v) is 14.8. The molecule has 2 aliphatic rings. The minimum atomic E-state index is -3.09. The van der Waals surface area contributed by atoms with Gasteiger partial charge in [0, 0.05) is 24.8 Å². The van der Waals surface area contributed by atoms with E-state index in [9.17, 15) is 13.2 Å². The lowest BCUT2D eigenvalue weighted by molar-refractivity contribution is 0.163. The first-order valence-electron chi connectivity index (χ1n) is 7.80. The van der Waals surface area contributed by atoms with Crippen molar-refractivity contribution in [3.05, 3.63) is 23.2 Å². The van der Waals surface area contributed by atoms with Crippen molar-refractivity contribution in [3.8, 4) is 0 Å². The van der Waals surface area contributed by atoms with Gasteiger partial charge in [0.2, 0.25) is 0 Å². The molecule has 0 unspecified atom stereocenters. The average Bonchev–Trinajstić information content (AvgIpc) is 3.02. The highest BCUT2D eigenvalue weighted by Crippen LogP contribution is 2.26. The maximum Gasteiger partial charge on any atom is 0.322 e. The Kier molecular flexibility index (Phi) is 3.74. The molecule has 1 aromatic carbocycles. The first-order valence-corrected chi connectivity index (χ1v) is 10.4. The van der Waals surface area contributed by atoms with E-state index >= 15 is 0 Å². The molecule has 0 aliphatic carbocycles. The van der Waals surface area contributed by atoms with E-state index in [0.29, 0.717) is 18.8 Å². The van der Waals surface area contributed by atoms with Crippen molar-refractivity contribution < 1.29 is 13.2 Å². The van der Waals surface area contributed by atoms with Crippen LogP contribution in [0.15, 0.2) is 18.2 Å². The number of carbonyl (C=O) groups is 1. The van der Waals surface area contributed by atoms with E-state index in [1.165, 1.54) is 0 Å². The van der Waals surface area contributed by atoms with E-state index in [0.717, 1.165) is 15.2 Å². The maximum absolute atomic E-state index is 12.6. The van der Waals surface area contributed by atoms with Gasteiger partial charge < -0.3 is 15.5 Å². The number of urea groups is 1. The van der Waals surface area contributed by atoms with Crippen molar-refractivity contribution in [2.24, 2.45) is 0 Å². The van der Waals surface area contributed by atoms with Crippen LogP contribution in [-0.4, -0.2) is 61.0 Å². The van der Waals surface area contributed by atoms with Crippen molar-refractivity contribution >= 4 is 43.1 Å². The summed E-state index contributed by atoms with van der Waals surface area (Å²) in [7, 11) is -3.09. The number of hydrogen-bond donors (Lipinski definition) is 2. The summed E-state index contributed by atoms with van der Waals surface area (Å²) < 4.78 is 24.8. The van der Waals surface area contributed by atoms with Crippen LogP contribution in [0, 0.1) is 6.92 Å². The van der Waals surface area contributed by atoms with E-state index in [2.05, 4.69) is 15.6 Å². The van der Waals surface area contributed by atoms with Crippen molar-refractivity contribution in [3.63, 3.8) is 0 Å². The largest absolute Gasteiger partial charge is 0.322 e. The molecule has 2 fully saturated rings. The third-order valence-electron chi connectivity index (χ3n) is 4.49. The van der Waals surface area contributed by atoms with Gasteiger partial charge in [0.15, 0.2) is 9.84 Å². The molecule has 128 valence electrons. The van der Waals surface area contributed by atoms with Crippen molar-refractivity contribution in [1.82, 2.24) is 15.2 Å². The average molecular weight is 366 g/mol. The summed E-state index contributed by atoms with van der Waals surface area (Å²) in [6.45, 7) is 3.05. The van der Waals surface area contributed by atoms with E-state index in [1.54, 1.807) is 16.2 Å². The van der Waals surface area contributed by atoms with Crippen molar-refractivity contribution in [2.75, 3.05) is 29.9 Å². The first-order chi connectivity index (χ1) is 11.4. The predicted octanol–water partition coefficient (Wildman–Crippen LogP) is 1.21. The quantitative estimate of drug-likeness (QED) is 0.791. The van der Waals surface area contributed by atoms with Gasteiger partial charge >= 0.3 is 6.03 Å². The monoisotopic (exact) mass is 366 g/mol. The Hall–Kier alpha value is -1.71. The van der Waals surface area contributed by atoms with Gasteiger partial charge in [-0.25, -0.2) is 18.2 Å². The molecule has 24 heavy (non-hydrogen) atoms. The number of fused-ring (bicyclic) bond motifs is 2. The predicted molar refractivity (Wildman–Crippen MR) is 94.3 cm³/mol. The van der Waals surface area contributed by atoms with E-state index < -0.39 is 9.84 Å². The Morgan fingerprint density at radius 2 is 2.25 bits per heavy atom. The number of benzene rings is 1. The number of anilines is 1. The molecular weight excluding hydrogens is 348 g/mol. The molecule has 0 bridgehead atoms. The highest BCUT2D eigenvalue weighted by Gasteiger charge is 2.44. The number of piperazine rings is 1. The van der Waals surface area contributed by atoms with Gasteiger partial charge in [0.05, 0.1) is 32.8 Å². The first kappa shape index (κ1) is 15.8. The van der Waals surface area contributed by atoms with Crippen LogP contribution in [0.1, 0.15) is 5.01 Å². The molecular formula is C15H18N4O3S2. The number of amides is 2. The Morgan fingerprint density at radius 1 is 1.42 bits per heavy atom. The zero-order valence-electron chi connectivity index (χ0n) is 13.2. The second kappa shape index (κ2) is 5.68. The van der Waals surface area contributed by atoms with E-state index in [-0.39, 0.29) is 29.6 Å². The number of aromatic nitrogens is 1. The zero-order chi connectivity index (χ0) is 16.9. The molecule has 2 aromatic rings. The van der Waals surface area contributed by atoms with Crippen LogP contribution in [0.25, 0.3) is 10.2 Å². The Bertz CT molecular complexity index is 909. The topological polar surface area (TPSA) is 91.4 Å². The standard InChI is InChI=1S/C15H18N4O3S2/c1-9-17-11-6-10(2-3-14(11)23-9)18-15(20)19-5-4-16-12-7-24(21,22)8-13(12)19/h2-3,6,12-13,16H,4-5,7-8H2,1H3,(H,18,20)/t12-,13+/m0/s1. The minimum absolute atomic E-state index is 0.0302. The molecule has 7 nitrogen and oxygen atoms in total. The number of nitrogens with one attached hydrogen (secondary N) is 2. The lowest BCUT2D eigenvalue weighted by Gasteiger charge is -2.37. The molecule has 1 aromatic heterocycles. The Balaban J connectivity index is 1.54. The van der Waals surface area contributed by atoms with Gasteiger partial charge in [-0.05, 0) is 25.1 Å². The molecule has 2 saturated heterocycles. The fraction of sp³-hybridized carbons (Fsp3) is 0.467. The van der Waals surface area contributed by atoms with Crippen LogP contribution in [0.3, 0.4) is 0 Å². The second-order valence-corrected chi connectivity index (χ2v) is 9.63. The number of nitrogens with zero attached hydrogens (tertiary/aromatic N) is 2. The SMILES string of the molecule is Cc1nc2cc(NC(=O)N3CCN[C@H]4CS(=O)(=O)C[C@H]43)ccc2s1. The lowest BCUT2D eigenvalue weighted by atomic mass is 10.1. The minimum Gasteiger partial charge on any atom is -0.318 e. The number of rotatable bonds is 1. The molecule has 0 saturated carbocycles. The summed E-state index contributed by atoms with van der Waals surface area (Å²) in [6.07, 6.45) is 0. The summed E-state index contributed by atoms with van der Waals surface area (Å²) in [5, 5.41) is 7.07. The third kappa shape index (κ3) is 2.87.